The molecule has 4 heteroatoms. The highest BCUT2D eigenvalue weighted by molar-refractivity contribution is 5.91. The van der Waals surface area contributed by atoms with Crippen LogP contribution in [-0.4, -0.2) is 31.1 Å². The van der Waals surface area contributed by atoms with E-state index in [1.165, 1.54) is 11.1 Å². The number of hydrogen-bond donors (Lipinski definition) is 0. The molecule has 0 spiro atoms. The summed E-state index contributed by atoms with van der Waals surface area (Å²) < 4.78 is 11.1. The number of benzene rings is 2. The van der Waals surface area contributed by atoms with Gasteiger partial charge in [0.25, 0.3) is 0 Å². The number of likely N-dealkylation sites (N-methyl/N-ethyl adjacent to an activating group) is 1. The van der Waals surface area contributed by atoms with Crippen LogP contribution in [0.3, 0.4) is 0 Å². The van der Waals surface area contributed by atoms with E-state index >= 15 is 0 Å². The first-order chi connectivity index (χ1) is 12.0. The molecule has 0 atom stereocenters. The van der Waals surface area contributed by atoms with Crippen LogP contribution in [0.15, 0.2) is 42.5 Å². The highest BCUT2D eigenvalue weighted by Gasteiger charge is 2.11. The average molecular weight is 337 g/mol. The van der Waals surface area contributed by atoms with Crippen molar-refractivity contribution >= 4 is 12.0 Å². The molecule has 0 saturated heterocycles. The molecule has 1 heterocycles. The number of aryl methyl sites for hydroxylation is 2. The van der Waals surface area contributed by atoms with E-state index in [0.717, 1.165) is 22.6 Å². The van der Waals surface area contributed by atoms with Crippen LogP contribution >= 0.6 is 0 Å². The van der Waals surface area contributed by atoms with Gasteiger partial charge in [0, 0.05) is 19.7 Å². The fourth-order valence-electron chi connectivity index (χ4n) is 2.82. The largest absolute Gasteiger partial charge is 0.486 e. The molecule has 1 aliphatic rings. The molecule has 3 rings (SSSR count). The topological polar surface area (TPSA) is 38.8 Å². The lowest BCUT2D eigenvalue weighted by Gasteiger charge is -2.18. The van der Waals surface area contributed by atoms with Crippen LogP contribution in [0.4, 0.5) is 0 Å². The Kier molecular flexibility index (Phi) is 5.08. The quantitative estimate of drug-likeness (QED) is 0.798. The lowest BCUT2D eigenvalue weighted by atomic mass is 10.1. The monoisotopic (exact) mass is 337 g/mol. The molecule has 0 fully saturated rings. The van der Waals surface area contributed by atoms with Gasteiger partial charge in [-0.25, -0.2) is 0 Å². The van der Waals surface area contributed by atoms with E-state index in [-0.39, 0.29) is 5.91 Å². The number of carbonyl (C=O) groups is 1. The average Bonchev–Trinajstić information content (AvgIpc) is 2.61. The summed E-state index contributed by atoms with van der Waals surface area (Å²) >= 11 is 0. The first-order valence-electron chi connectivity index (χ1n) is 8.42. The van der Waals surface area contributed by atoms with E-state index in [2.05, 4.69) is 32.0 Å². The Morgan fingerprint density at radius 2 is 1.84 bits per heavy atom. The summed E-state index contributed by atoms with van der Waals surface area (Å²) in [6, 6.07) is 12.0. The highest BCUT2D eigenvalue weighted by Crippen LogP contribution is 2.31. The van der Waals surface area contributed by atoms with Gasteiger partial charge in [-0.1, -0.05) is 29.8 Å². The molecule has 0 bridgehead atoms. The van der Waals surface area contributed by atoms with Gasteiger partial charge in [0.15, 0.2) is 11.5 Å². The van der Waals surface area contributed by atoms with Crippen molar-refractivity contribution in [1.82, 2.24) is 4.90 Å². The van der Waals surface area contributed by atoms with Crippen molar-refractivity contribution in [3.63, 3.8) is 0 Å². The van der Waals surface area contributed by atoms with Gasteiger partial charge < -0.3 is 14.4 Å². The standard InChI is InChI=1S/C21H23NO3/c1-15-4-7-18(16(2)12-15)14-22(3)21(23)9-6-17-5-8-19-20(13-17)25-11-10-24-19/h4-9,12-13H,10-11,14H2,1-3H3/b9-6+. The molecule has 0 N–H and O–H groups in total. The van der Waals surface area contributed by atoms with Gasteiger partial charge in [-0.05, 0) is 48.7 Å². The zero-order chi connectivity index (χ0) is 17.8. The lowest BCUT2D eigenvalue weighted by Crippen LogP contribution is -2.24. The molecule has 0 unspecified atom stereocenters. The van der Waals surface area contributed by atoms with E-state index in [1.807, 2.05) is 25.2 Å². The normalized spacial score (nSPS) is 13.1. The van der Waals surface area contributed by atoms with E-state index < -0.39 is 0 Å². The van der Waals surface area contributed by atoms with Crippen LogP contribution in [0.5, 0.6) is 11.5 Å². The second kappa shape index (κ2) is 7.43. The Morgan fingerprint density at radius 1 is 1.08 bits per heavy atom. The molecule has 0 radical (unpaired) electrons. The number of nitrogens with zero attached hydrogens (tertiary/aromatic N) is 1. The van der Waals surface area contributed by atoms with Crippen LogP contribution < -0.4 is 9.47 Å². The Morgan fingerprint density at radius 3 is 2.60 bits per heavy atom. The van der Waals surface area contributed by atoms with Gasteiger partial charge in [-0.3, -0.25) is 4.79 Å². The Labute approximate surface area is 148 Å². The molecule has 0 aliphatic carbocycles. The first kappa shape index (κ1) is 17.1. The molecular weight excluding hydrogens is 314 g/mol. The molecule has 4 nitrogen and oxygen atoms in total. The fraction of sp³-hybridized carbons (Fsp3) is 0.286. The third-order valence-corrected chi connectivity index (χ3v) is 4.27. The number of rotatable bonds is 4. The van der Waals surface area contributed by atoms with Crippen molar-refractivity contribution in [3.8, 4) is 11.5 Å². The van der Waals surface area contributed by atoms with E-state index in [0.29, 0.717) is 19.8 Å². The summed E-state index contributed by atoms with van der Waals surface area (Å²) in [7, 11) is 1.82. The van der Waals surface area contributed by atoms with Crippen LogP contribution in [0.25, 0.3) is 6.08 Å². The van der Waals surface area contributed by atoms with Gasteiger partial charge in [0.05, 0.1) is 0 Å². The van der Waals surface area contributed by atoms with E-state index in [1.54, 1.807) is 17.1 Å². The minimum atomic E-state index is -0.0325. The Hall–Kier alpha value is -2.75. The molecule has 0 aromatic heterocycles. The SMILES string of the molecule is Cc1ccc(CN(C)C(=O)/C=C/c2ccc3c(c2)OCCO3)c(C)c1. The first-order valence-corrected chi connectivity index (χ1v) is 8.42. The van der Waals surface area contributed by atoms with E-state index in [4.69, 9.17) is 9.47 Å². The predicted molar refractivity (Wildman–Crippen MR) is 98.9 cm³/mol. The second-order valence-corrected chi connectivity index (χ2v) is 6.36. The van der Waals surface area contributed by atoms with Crippen LogP contribution in [-0.2, 0) is 11.3 Å². The lowest BCUT2D eigenvalue weighted by molar-refractivity contribution is -0.125. The number of hydrogen-bond acceptors (Lipinski definition) is 3. The number of carbonyl (C=O) groups excluding carboxylic acids is 1. The summed E-state index contributed by atoms with van der Waals surface area (Å²) in [6.07, 6.45) is 3.40. The minimum absolute atomic E-state index is 0.0325. The predicted octanol–water partition coefficient (Wildman–Crippen LogP) is 3.75. The van der Waals surface area contributed by atoms with Gasteiger partial charge in [0.2, 0.25) is 5.91 Å². The minimum Gasteiger partial charge on any atom is -0.486 e. The molecule has 1 aliphatic heterocycles. The van der Waals surface area contributed by atoms with Crippen LogP contribution in [0.2, 0.25) is 0 Å². The fourth-order valence-corrected chi connectivity index (χ4v) is 2.82. The van der Waals surface area contributed by atoms with Crippen molar-refractivity contribution < 1.29 is 14.3 Å². The molecule has 0 saturated carbocycles. The maximum atomic E-state index is 12.4. The molecule has 2 aromatic rings. The van der Waals surface area contributed by atoms with Crippen molar-refractivity contribution in [3.05, 3.63) is 64.7 Å². The van der Waals surface area contributed by atoms with Gasteiger partial charge in [0.1, 0.15) is 13.2 Å². The van der Waals surface area contributed by atoms with Crippen LogP contribution in [0.1, 0.15) is 22.3 Å². The summed E-state index contributed by atoms with van der Waals surface area (Å²) in [5.74, 6) is 1.45. The highest BCUT2D eigenvalue weighted by atomic mass is 16.6. The van der Waals surface area contributed by atoms with Crippen LogP contribution in [0, 0.1) is 13.8 Å². The summed E-state index contributed by atoms with van der Waals surface area (Å²) in [6.45, 7) is 5.87. The number of fused-ring (bicyclic) bond motifs is 1. The third-order valence-electron chi connectivity index (χ3n) is 4.27. The van der Waals surface area contributed by atoms with Gasteiger partial charge in [-0.15, -0.1) is 0 Å². The van der Waals surface area contributed by atoms with Gasteiger partial charge in [-0.2, -0.15) is 0 Å². The molecule has 130 valence electrons. The molecular formula is C21H23NO3. The molecule has 2 aromatic carbocycles. The van der Waals surface area contributed by atoms with Crippen molar-refractivity contribution in [2.45, 2.75) is 20.4 Å². The zero-order valence-corrected chi connectivity index (χ0v) is 14.9. The van der Waals surface area contributed by atoms with Crippen molar-refractivity contribution in [2.75, 3.05) is 20.3 Å². The Balaban J connectivity index is 1.65. The third kappa shape index (κ3) is 4.21. The summed E-state index contributed by atoms with van der Waals surface area (Å²) in [4.78, 5) is 14.1. The van der Waals surface area contributed by atoms with Crippen molar-refractivity contribution in [2.24, 2.45) is 0 Å². The summed E-state index contributed by atoms with van der Waals surface area (Å²) in [5.41, 5.74) is 4.51. The smallest absolute Gasteiger partial charge is 0.246 e. The van der Waals surface area contributed by atoms with E-state index in [9.17, 15) is 4.79 Å². The second-order valence-electron chi connectivity index (χ2n) is 6.36. The maximum Gasteiger partial charge on any atom is 0.246 e. The number of amides is 1. The summed E-state index contributed by atoms with van der Waals surface area (Å²) in [5, 5.41) is 0. The van der Waals surface area contributed by atoms with Gasteiger partial charge >= 0.3 is 0 Å². The zero-order valence-electron chi connectivity index (χ0n) is 14.9. The Bertz CT molecular complexity index is 811. The maximum absolute atomic E-state index is 12.4. The number of ether oxygens (including phenoxy) is 2. The molecule has 1 amide bonds. The molecule has 25 heavy (non-hydrogen) atoms. The van der Waals surface area contributed by atoms with Crippen molar-refractivity contribution in [1.29, 1.82) is 0 Å².